The average Bonchev–Trinajstić information content (AvgIpc) is 2.67. The summed E-state index contributed by atoms with van der Waals surface area (Å²) in [6.07, 6.45) is 7.49. The zero-order valence-corrected chi connectivity index (χ0v) is 15.6. The molecule has 2 aromatic rings. The number of nitrogens with zero attached hydrogens (tertiary/aromatic N) is 1. The van der Waals surface area contributed by atoms with Gasteiger partial charge in [-0.2, -0.15) is 0 Å². The summed E-state index contributed by atoms with van der Waals surface area (Å²) in [7, 11) is 2.01. The van der Waals surface area contributed by atoms with Crippen molar-refractivity contribution in [3.8, 4) is 0 Å². The Labute approximate surface area is 153 Å². The number of likely N-dealkylation sites (N-methyl/N-ethyl adjacent to an activating group) is 1. The highest BCUT2D eigenvalue weighted by atomic mass is 15.1. The lowest BCUT2D eigenvalue weighted by Crippen LogP contribution is -2.31. The number of hydrogen-bond acceptors (Lipinski definition) is 2. The number of benzene rings is 2. The van der Waals surface area contributed by atoms with E-state index in [0.717, 1.165) is 19.4 Å². The van der Waals surface area contributed by atoms with Gasteiger partial charge in [-0.3, -0.25) is 0 Å². The molecular formula is C23H32N2. The van der Waals surface area contributed by atoms with E-state index in [4.69, 9.17) is 0 Å². The third-order valence-electron chi connectivity index (χ3n) is 5.25. The summed E-state index contributed by atoms with van der Waals surface area (Å²) in [6.45, 7) is 4.84. The SMILES string of the molecule is CNCCc1cccc(Cc2ccc(CCN3CCCCC3)cc2)c1. The first-order valence-electron chi connectivity index (χ1n) is 9.86. The first-order valence-corrected chi connectivity index (χ1v) is 9.86. The van der Waals surface area contributed by atoms with E-state index in [1.54, 1.807) is 0 Å². The molecule has 3 rings (SSSR count). The van der Waals surface area contributed by atoms with Crippen LogP contribution in [0.4, 0.5) is 0 Å². The van der Waals surface area contributed by atoms with Crippen LogP contribution in [0.25, 0.3) is 0 Å². The molecule has 1 aliphatic heterocycles. The predicted octanol–water partition coefficient (Wildman–Crippen LogP) is 4.07. The first kappa shape index (κ1) is 18.2. The molecule has 0 radical (unpaired) electrons. The first-order chi connectivity index (χ1) is 12.3. The van der Waals surface area contributed by atoms with Crippen LogP contribution in [-0.2, 0) is 19.3 Å². The molecule has 1 fully saturated rings. The molecule has 2 heteroatoms. The molecule has 0 aliphatic carbocycles. The summed E-state index contributed by atoms with van der Waals surface area (Å²) in [5.74, 6) is 0. The monoisotopic (exact) mass is 336 g/mol. The van der Waals surface area contributed by atoms with Crippen LogP contribution in [0.15, 0.2) is 48.5 Å². The molecule has 2 aromatic carbocycles. The topological polar surface area (TPSA) is 15.3 Å². The van der Waals surface area contributed by atoms with Gasteiger partial charge in [-0.15, -0.1) is 0 Å². The van der Waals surface area contributed by atoms with Crippen LogP contribution in [0.5, 0.6) is 0 Å². The van der Waals surface area contributed by atoms with E-state index in [2.05, 4.69) is 58.7 Å². The van der Waals surface area contributed by atoms with E-state index in [-0.39, 0.29) is 0 Å². The molecule has 2 nitrogen and oxygen atoms in total. The third kappa shape index (κ3) is 5.98. The highest BCUT2D eigenvalue weighted by Crippen LogP contribution is 2.14. The number of likely N-dealkylation sites (tertiary alicyclic amines) is 1. The van der Waals surface area contributed by atoms with Gasteiger partial charge in [-0.05, 0) is 81.0 Å². The maximum Gasteiger partial charge on any atom is 0.00218 e. The third-order valence-corrected chi connectivity index (χ3v) is 5.25. The van der Waals surface area contributed by atoms with Crippen molar-refractivity contribution >= 4 is 0 Å². The van der Waals surface area contributed by atoms with Crippen molar-refractivity contribution in [3.63, 3.8) is 0 Å². The smallest absolute Gasteiger partial charge is 0.00218 e. The fourth-order valence-corrected chi connectivity index (χ4v) is 3.69. The van der Waals surface area contributed by atoms with Gasteiger partial charge >= 0.3 is 0 Å². The van der Waals surface area contributed by atoms with Crippen molar-refractivity contribution in [1.29, 1.82) is 0 Å². The lowest BCUT2D eigenvalue weighted by Gasteiger charge is -2.26. The minimum absolute atomic E-state index is 1.03. The number of hydrogen-bond donors (Lipinski definition) is 1. The largest absolute Gasteiger partial charge is 0.319 e. The van der Waals surface area contributed by atoms with Gasteiger partial charge in [0.05, 0.1) is 0 Å². The molecule has 0 saturated carbocycles. The summed E-state index contributed by atoms with van der Waals surface area (Å²) in [6, 6.07) is 18.3. The van der Waals surface area contributed by atoms with Crippen LogP contribution >= 0.6 is 0 Å². The fraction of sp³-hybridized carbons (Fsp3) is 0.478. The Balaban J connectivity index is 1.51. The minimum Gasteiger partial charge on any atom is -0.319 e. The molecule has 0 bridgehead atoms. The highest BCUT2D eigenvalue weighted by molar-refractivity contribution is 5.31. The normalized spacial score (nSPS) is 15.4. The van der Waals surface area contributed by atoms with Gasteiger partial charge in [-0.1, -0.05) is 55.0 Å². The van der Waals surface area contributed by atoms with E-state index in [9.17, 15) is 0 Å². The van der Waals surface area contributed by atoms with Crippen LogP contribution in [0.2, 0.25) is 0 Å². The van der Waals surface area contributed by atoms with Crippen LogP contribution in [0.1, 0.15) is 41.5 Å². The van der Waals surface area contributed by atoms with E-state index in [0.29, 0.717) is 0 Å². The summed E-state index contributed by atoms with van der Waals surface area (Å²) in [4.78, 5) is 2.62. The Morgan fingerprint density at radius 3 is 2.28 bits per heavy atom. The van der Waals surface area contributed by atoms with E-state index in [1.165, 1.54) is 67.6 Å². The van der Waals surface area contributed by atoms with E-state index in [1.807, 2.05) is 7.05 Å². The molecule has 0 aromatic heterocycles. The van der Waals surface area contributed by atoms with Crippen molar-refractivity contribution < 1.29 is 0 Å². The highest BCUT2D eigenvalue weighted by Gasteiger charge is 2.09. The summed E-state index contributed by atoms with van der Waals surface area (Å²) in [5, 5.41) is 3.22. The summed E-state index contributed by atoms with van der Waals surface area (Å²) < 4.78 is 0. The second kappa shape index (κ2) is 9.74. The summed E-state index contributed by atoms with van der Waals surface area (Å²) in [5.41, 5.74) is 5.71. The lowest BCUT2D eigenvalue weighted by molar-refractivity contribution is 0.231. The molecule has 1 saturated heterocycles. The molecule has 1 N–H and O–H groups in total. The average molecular weight is 337 g/mol. The minimum atomic E-state index is 1.03. The van der Waals surface area contributed by atoms with Gasteiger partial charge in [0.25, 0.3) is 0 Å². The molecule has 0 atom stereocenters. The molecule has 1 aliphatic rings. The van der Waals surface area contributed by atoms with Crippen molar-refractivity contribution in [2.75, 3.05) is 33.2 Å². The van der Waals surface area contributed by atoms with Crippen molar-refractivity contribution in [3.05, 3.63) is 70.8 Å². The second-order valence-corrected chi connectivity index (χ2v) is 7.32. The maximum absolute atomic E-state index is 3.22. The van der Waals surface area contributed by atoms with Crippen LogP contribution in [0.3, 0.4) is 0 Å². The number of nitrogens with one attached hydrogen (secondary N) is 1. The van der Waals surface area contributed by atoms with Crippen molar-refractivity contribution in [1.82, 2.24) is 10.2 Å². The zero-order valence-electron chi connectivity index (χ0n) is 15.6. The Morgan fingerprint density at radius 2 is 1.52 bits per heavy atom. The van der Waals surface area contributed by atoms with Gasteiger partial charge < -0.3 is 10.2 Å². The van der Waals surface area contributed by atoms with Crippen LogP contribution in [-0.4, -0.2) is 38.1 Å². The summed E-state index contributed by atoms with van der Waals surface area (Å²) >= 11 is 0. The van der Waals surface area contributed by atoms with Crippen molar-refractivity contribution in [2.45, 2.75) is 38.5 Å². The molecule has 0 spiro atoms. The molecule has 0 unspecified atom stereocenters. The Hall–Kier alpha value is -1.64. The molecule has 0 amide bonds. The number of piperidine rings is 1. The molecule has 25 heavy (non-hydrogen) atoms. The molecule has 1 heterocycles. The lowest BCUT2D eigenvalue weighted by atomic mass is 10.00. The van der Waals surface area contributed by atoms with Gasteiger partial charge in [0.1, 0.15) is 0 Å². The van der Waals surface area contributed by atoms with Gasteiger partial charge in [0, 0.05) is 6.54 Å². The Bertz CT molecular complexity index is 627. The van der Waals surface area contributed by atoms with E-state index >= 15 is 0 Å². The van der Waals surface area contributed by atoms with Crippen molar-refractivity contribution in [2.24, 2.45) is 0 Å². The standard InChI is InChI=1S/C23H32N2/c1-24-14-12-21-6-5-7-23(18-21)19-22-10-8-20(9-11-22)13-17-25-15-3-2-4-16-25/h5-11,18,24H,2-4,12-17,19H2,1H3. The predicted molar refractivity (Wildman–Crippen MR) is 107 cm³/mol. The molecule has 134 valence electrons. The van der Waals surface area contributed by atoms with E-state index < -0.39 is 0 Å². The zero-order chi connectivity index (χ0) is 17.3. The van der Waals surface area contributed by atoms with Crippen LogP contribution < -0.4 is 5.32 Å². The van der Waals surface area contributed by atoms with Gasteiger partial charge in [0.2, 0.25) is 0 Å². The quantitative estimate of drug-likeness (QED) is 0.782. The Kier molecular flexibility index (Phi) is 7.08. The Morgan fingerprint density at radius 1 is 0.800 bits per heavy atom. The van der Waals surface area contributed by atoms with Crippen LogP contribution in [0, 0.1) is 0 Å². The fourth-order valence-electron chi connectivity index (χ4n) is 3.69. The maximum atomic E-state index is 3.22. The number of rotatable bonds is 8. The molecular weight excluding hydrogens is 304 g/mol. The second-order valence-electron chi connectivity index (χ2n) is 7.32. The van der Waals surface area contributed by atoms with Gasteiger partial charge in [0.15, 0.2) is 0 Å². The van der Waals surface area contributed by atoms with Gasteiger partial charge in [-0.25, -0.2) is 0 Å².